The monoisotopic (exact) mass is 283 g/mol. The molecular formula is C18H21NO2. The van der Waals surface area contributed by atoms with E-state index >= 15 is 0 Å². The number of hydrogen-bond donors (Lipinski definition) is 1. The number of ether oxygens (including phenoxy) is 1. The molecule has 0 aliphatic carbocycles. The highest BCUT2D eigenvalue weighted by atomic mass is 16.5. The standard InChI is InChI=1S/C18H21NO2/c1-14-7-3-4-9-16(14)12-19-13-17-10-6-5-8-15(17)11-18(20)21-2/h3-10,19H,11-13H2,1-2H3. The fourth-order valence-corrected chi connectivity index (χ4v) is 2.27. The Bertz CT molecular complexity index is 608. The molecule has 3 heteroatoms. The third kappa shape index (κ3) is 4.43. The minimum absolute atomic E-state index is 0.207. The highest BCUT2D eigenvalue weighted by molar-refractivity contribution is 5.72. The quantitative estimate of drug-likeness (QED) is 0.828. The van der Waals surface area contributed by atoms with Crippen LogP contribution in [0.1, 0.15) is 22.3 Å². The average molecular weight is 283 g/mol. The molecule has 0 amide bonds. The Morgan fingerprint density at radius 3 is 2.19 bits per heavy atom. The molecule has 0 atom stereocenters. The number of rotatable bonds is 6. The molecule has 0 bridgehead atoms. The second-order valence-electron chi connectivity index (χ2n) is 5.05. The lowest BCUT2D eigenvalue weighted by atomic mass is 10.0. The molecule has 0 fully saturated rings. The normalized spacial score (nSPS) is 10.4. The Labute approximate surface area is 126 Å². The highest BCUT2D eigenvalue weighted by Gasteiger charge is 2.07. The molecule has 0 aliphatic heterocycles. The molecule has 110 valence electrons. The third-order valence-corrected chi connectivity index (χ3v) is 3.57. The molecule has 0 heterocycles. The molecule has 21 heavy (non-hydrogen) atoms. The Morgan fingerprint density at radius 2 is 1.52 bits per heavy atom. The maximum Gasteiger partial charge on any atom is 0.309 e. The van der Waals surface area contributed by atoms with E-state index in [0.717, 1.165) is 24.2 Å². The zero-order valence-corrected chi connectivity index (χ0v) is 12.6. The summed E-state index contributed by atoms with van der Waals surface area (Å²) in [7, 11) is 1.42. The lowest BCUT2D eigenvalue weighted by Gasteiger charge is -2.11. The van der Waals surface area contributed by atoms with Crippen molar-refractivity contribution >= 4 is 5.97 Å². The van der Waals surface area contributed by atoms with Gasteiger partial charge in [0.1, 0.15) is 0 Å². The highest BCUT2D eigenvalue weighted by Crippen LogP contribution is 2.11. The van der Waals surface area contributed by atoms with Gasteiger partial charge >= 0.3 is 5.97 Å². The number of nitrogens with one attached hydrogen (secondary N) is 1. The van der Waals surface area contributed by atoms with Gasteiger partial charge in [0.2, 0.25) is 0 Å². The lowest BCUT2D eigenvalue weighted by molar-refractivity contribution is -0.139. The van der Waals surface area contributed by atoms with Crippen LogP contribution in [0.2, 0.25) is 0 Å². The molecule has 0 aromatic heterocycles. The summed E-state index contributed by atoms with van der Waals surface area (Å²) in [6, 6.07) is 16.3. The fraction of sp³-hybridized carbons (Fsp3) is 0.278. The van der Waals surface area contributed by atoms with Crippen LogP contribution in [0.5, 0.6) is 0 Å². The number of carbonyl (C=O) groups is 1. The Kier molecular flexibility index (Phi) is 5.52. The van der Waals surface area contributed by atoms with Crippen molar-refractivity contribution in [2.24, 2.45) is 0 Å². The van der Waals surface area contributed by atoms with Crippen LogP contribution < -0.4 is 5.32 Å². The molecule has 2 aromatic carbocycles. The SMILES string of the molecule is COC(=O)Cc1ccccc1CNCc1ccccc1C. The summed E-state index contributed by atoms with van der Waals surface area (Å²) in [5.41, 5.74) is 4.73. The van der Waals surface area contributed by atoms with Gasteiger partial charge in [-0.3, -0.25) is 4.79 Å². The third-order valence-electron chi connectivity index (χ3n) is 3.57. The molecule has 0 spiro atoms. The molecule has 0 saturated carbocycles. The van der Waals surface area contributed by atoms with Crippen LogP contribution in [0.15, 0.2) is 48.5 Å². The maximum absolute atomic E-state index is 11.4. The summed E-state index contributed by atoms with van der Waals surface area (Å²) >= 11 is 0. The number of aryl methyl sites for hydroxylation is 1. The van der Waals surface area contributed by atoms with Gasteiger partial charge in [0, 0.05) is 13.1 Å². The topological polar surface area (TPSA) is 38.3 Å². The van der Waals surface area contributed by atoms with Crippen LogP contribution in [-0.2, 0) is 29.0 Å². The zero-order valence-electron chi connectivity index (χ0n) is 12.6. The van der Waals surface area contributed by atoms with Crippen molar-refractivity contribution in [3.05, 3.63) is 70.8 Å². The van der Waals surface area contributed by atoms with Crippen molar-refractivity contribution in [2.45, 2.75) is 26.4 Å². The summed E-state index contributed by atoms with van der Waals surface area (Å²) in [4.78, 5) is 11.4. The van der Waals surface area contributed by atoms with Gasteiger partial charge in [0.05, 0.1) is 13.5 Å². The average Bonchev–Trinajstić information content (AvgIpc) is 2.50. The number of esters is 1. The second-order valence-corrected chi connectivity index (χ2v) is 5.05. The predicted octanol–water partition coefficient (Wildman–Crippen LogP) is 3.00. The minimum atomic E-state index is -0.207. The van der Waals surface area contributed by atoms with Crippen molar-refractivity contribution in [3.63, 3.8) is 0 Å². The molecule has 0 saturated heterocycles. The van der Waals surface area contributed by atoms with E-state index in [1.807, 2.05) is 30.3 Å². The van der Waals surface area contributed by atoms with Gasteiger partial charge in [0.15, 0.2) is 0 Å². The minimum Gasteiger partial charge on any atom is -0.469 e. The van der Waals surface area contributed by atoms with Gasteiger partial charge in [-0.1, -0.05) is 48.5 Å². The van der Waals surface area contributed by atoms with Crippen LogP contribution >= 0.6 is 0 Å². The molecule has 2 rings (SSSR count). The van der Waals surface area contributed by atoms with E-state index in [9.17, 15) is 4.79 Å². The summed E-state index contributed by atoms with van der Waals surface area (Å²) in [5.74, 6) is -0.207. The summed E-state index contributed by atoms with van der Waals surface area (Å²) in [5, 5.41) is 3.44. The van der Waals surface area contributed by atoms with Crippen LogP contribution in [-0.4, -0.2) is 13.1 Å². The Balaban J connectivity index is 1.97. The first kappa shape index (κ1) is 15.3. The van der Waals surface area contributed by atoms with Gasteiger partial charge < -0.3 is 10.1 Å². The van der Waals surface area contributed by atoms with Gasteiger partial charge in [-0.25, -0.2) is 0 Å². The smallest absolute Gasteiger partial charge is 0.309 e. The van der Waals surface area contributed by atoms with Crippen molar-refractivity contribution < 1.29 is 9.53 Å². The maximum atomic E-state index is 11.4. The Morgan fingerprint density at radius 1 is 0.952 bits per heavy atom. The summed E-state index contributed by atoms with van der Waals surface area (Å²) < 4.78 is 4.74. The zero-order chi connectivity index (χ0) is 15.1. The number of benzene rings is 2. The van der Waals surface area contributed by atoms with E-state index in [2.05, 4.69) is 30.4 Å². The van der Waals surface area contributed by atoms with Gasteiger partial charge in [-0.2, -0.15) is 0 Å². The number of carbonyl (C=O) groups excluding carboxylic acids is 1. The van der Waals surface area contributed by atoms with Crippen molar-refractivity contribution in [1.29, 1.82) is 0 Å². The molecular weight excluding hydrogens is 262 g/mol. The van der Waals surface area contributed by atoms with Gasteiger partial charge in [-0.15, -0.1) is 0 Å². The van der Waals surface area contributed by atoms with Crippen LogP contribution in [0.3, 0.4) is 0 Å². The molecule has 0 radical (unpaired) electrons. The van der Waals surface area contributed by atoms with Crippen LogP contribution in [0, 0.1) is 6.92 Å². The van der Waals surface area contributed by atoms with Gasteiger partial charge in [0.25, 0.3) is 0 Å². The van der Waals surface area contributed by atoms with E-state index in [0.29, 0.717) is 6.42 Å². The van der Waals surface area contributed by atoms with E-state index in [1.165, 1.54) is 18.2 Å². The first-order valence-electron chi connectivity index (χ1n) is 7.09. The van der Waals surface area contributed by atoms with Crippen LogP contribution in [0.4, 0.5) is 0 Å². The molecule has 2 aromatic rings. The molecule has 0 aliphatic rings. The summed E-state index contributed by atoms with van der Waals surface area (Å²) in [6.07, 6.45) is 0.318. The number of methoxy groups -OCH3 is 1. The predicted molar refractivity (Wildman–Crippen MR) is 83.9 cm³/mol. The molecule has 3 nitrogen and oxygen atoms in total. The Hall–Kier alpha value is -2.13. The lowest BCUT2D eigenvalue weighted by Crippen LogP contribution is -2.16. The van der Waals surface area contributed by atoms with Crippen molar-refractivity contribution in [1.82, 2.24) is 5.32 Å². The van der Waals surface area contributed by atoms with Crippen LogP contribution in [0.25, 0.3) is 0 Å². The van der Waals surface area contributed by atoms with E-state index < -0.39 is 0 Å². The van der Waals surface area contributed by atoms with Crippen molar-refractivity contribution in [2.75, 3.05) is 7.11 Å². The van der Waals surface area contributed by atoms with Gasteiger partial charge in [-0.05, 0) is 29.2 Å². The fourth-order valence-electron chi connectivity index (χ4n) is 2.27. The largest absolute Gasteiger partial charge is 0.469 e. The van der Waals surface area contributed by atoms with E-state index in [-0.39, 0.29) is 5.97 Å². The van der Waals surface area contributed by atoms with E-state index in [4.69, 9.17) is 4.74 Å². The first-order chi connectivity index (χ1) is 10.2. The molecule has 1 N–H and O–H groups in total. The summed E-state index contributed by atoms with van der Waals surface area (Å²) in [6.45, 7) is 3.67. The number of hydrogen-bond acceptors (Lipinski definition) is 3. The molecule has 0 unspecified atom stereocenters. The second kappa shape index (κ2) is 7.60. The van der Waals surface area contributed by atoms with E-state index in [1.54, 1.807) is 0 Å². The first-order valence-corrected chi connectivity index (χ1v) is 7.09. The van der Waals surface area contributed by atoms with Crippen molar-refractivity contribution in [3.8, 4) is 0 Å².